The van der Waals surface area contributed by atoms with Crippen LogP contribution in [0.1, 0.15) is 22.8 Å². The molecule has 4 nitrogen and oxygen atoms in total. The summed E-state index contributed by atoms with van der Waals surface area (Å²) in [4.78, 5) is 15.7. The number of aryl methyl sites for hydroxylation is 1. The molecule has 0 saturated heterocycles. The largest absolute Gasteiger partial charge is 0.462 e. The number of esters is 1. The summed E-state index contributed by atoms with van der Waals surface area (Å²) < 4.78 is 11.5. The minimum Gasteiger partial charge on any atom is -0.462 e. The number of carbonyl (C=O) groups excluding carboxylic acids is 1. The maximum Gasteiger partial charge on any atom is 0.338 e. The number of halogens is 1. The van der Waals surface area contributed by atoms with E-state index < -0.39 is 0 Å². The number of pyridine rings is 1. The molecule has 0 aliphatic heterocycles. The average Bonchev–Trinajstić information content (AvgIpc) is 2.44. The third-order valence-corrected chi connectivity index (χ3v) is 3.44. The van der Waals surface area contributed by atoms with E-state index in [1.807, 2.05) is 13.0 Å². The standard InChI is InChI=1S/C15H14BrNO3/c1-3-19-15(18)11-4-6-12(7-5-11)20-14-8-10(2)13(16)9-17-14/h4-9H,3H2,1-2H3. The fourth-order valence-electron chi connectivity index (χ4n) is 1.56. The average molecular weight is 336 g/mol. The topological polar surface area (TPSA) is 48.4 Å². The Morgan fingerprint density at radius 3 is 2.60 bits per heavy atom. The molecule has 0 amide bonds. The molecule has 2 rings (SSSR count). The molecular formula is C15H14BrNO3. The highest BCUT2D eigenvalue weighted by atomic mass is 79.9. The number of carbonyl (C=O) groups is 1. The molecule has 1 heterocycles. The van der Waals surface area contributed by atoms with Crippen molar-refractivity contribution in [2.75, 3.05) is 6.61 Å². The second kappa shape index (κ2) is 6.52. The van der Waals surface area contributed by atoms with Gasteiger partial charge in [0.25, 0.3) is 0 Å². The lowest BCUT2D eigenvalue weighted by molar-refractivity contribution is 0.0526. The zero-order valence-electron chi connectivity index (χ0n) is 11.2. The lowest BCUT2D eigenvalue weighted by Gasteiger charge is -2.07. The predicted molar refractivity (Wildman–Crippen MR) is 79.1 cm³/mol. The van der Waals surface area contributed by atoms with Crippen molar-refractivity contribution in [1.82, 2.24) is 4.98 Å². The Labute approximate surface area is 125 Å². The number of aromatic nitrogens is 1. The summed E-state index contributed by atoms with van der Waals surface area (Å²) in [6.07, 6.45) is 1.69. The first-order chi connectivity index (χ1) is 9.60. The minimum atomic E-state index is -0.336. The van der Waals surface area contributed by atoms with Crippen LogP contribution in [-0.4, -0.2) is 17.6 Å². The van der Waals surface area contributed by atoms with Crippen molar-refractivity contribution in [3.05, 3.63) is 52.1 Å². The van der Waals surface area contributed by atoms with E-state index in [1.165, 1.54) is 0 Å². The van der Waals surface area contributed by atoms with Crippen molar-refractivity contribution in [2.24, 2.45) is 0 Å². The van der Waals surface area contributed by atoms with E-state index >= 15 is 0 Å². The molecule has 0 fully saturated rings. The summed E-state index contributed by atoms with van der Waals surface area (Å²) in [5.74, 6) is 0.790. The minimum absolute atomic E-state index is 0.336. The molecule has 2 aromatic rings. The van der Waals surface area contributed by atoms with Crippen LogP contribution in [0.4, 0.5) is 0 Å². The van der Waals surface area contributed by atoms with Gasteiger partial charge in [0, 0.05) is 16.7 Å². The molecule has 0 spiro atoms. The number of hydrogen-bond acceptors (Lipinski definition) is 4. The van der Waals surface area contributed by atoms with Gasteiger partial charge in [-0.3, -0.25) is 0 Å². The molecule has 0 radical (unpaired) electrons. The lowest BCUT2D eigenvalue weighted by atomic mass is 10.2. The van der Waals surface area contributed by atoms with Gasteiger partial charge >= 0.3 is 5.97 Å². The number of nitrogens with zero attached hydrogens (tertiary/aromatic N) is 1. The molecule has 0 N–H and O–H groups in total. The maximum atomic E-state index is 11.5. The number of rotatable bonds is 4. The smallest absolute Gasteiger partial charge is 0.338 e. The van der Waals surface area contributed by atoms with E-state index in [0.717, 1.165) is 10.0 Å². The van der Waals surface area contributed by atoms with Gasteiger partial charge in [0.05, 0.1) is 12.2 Å². The first kappa shape index (κ1) is 14.5. The van der Waals surface area contributed by atoms with Crippen LogP contribution in [0.25, 0.3) is 0 Å². The van der Waals surface area contributed by atoms with Crippen LogP contribution in [-0.2, 0) is 4.74 Å². The molecule has 20 heavy (non-hydrogen) atoms. The van der Waals surface area contributed by atoms with Crippen LogP contribution >= 0.6 is 15.9 Å². The molecule has 1 aromatic heterocycles. The monoisotopic (exact) mass is 335 g/mol. The molecule has 104 valence electrons. The van der Waals surface area contributed by atoms with Gasteiger partial charge in [-0.1, -0.05) is 0 Å². The maximum absolute atomic E-state index is 11.5. The van der Waals surface area contributed by atoms with Crippen LogP contribution in [0.15, 0.2) is 41.0 Å². The zero-order valence-corrected chi connectivity index (χ0v) is 12.8. The van der Waals surface area contributed by atoms with E-state index in [2.05, 4.69) is 20.9 Å². The quantitative estimate of drug-likeness (QED) is 0.788. The molecule has 0 saturated carbocycles. The third-order valence-electron chi connectivity index (χ3n) is 2.61. The first-order valence-corrected chi connectivity index (χ1v) is 6.96. The molecule has 0 aliphatic rings. The van der Waals surface area contributed by atoms with Crippen molar-refractivity contribution >= 4 is 21.9 Å². The molecule has 0 atom stereocenters. The highest BCUT2D eigenvalue weighted by molar-refractivity contribution is 9.10. The fourth-order valence-corrected chi connectivity index (χ4v) is 1.78. The van der Waals surface area contributed by atoms with Crippen molar-refractivity contribution in [2.45, 2.75) is 13.8 Å². The second-order valence-corrected chi connectivity index (χ2v) is 4.97. The Balaban J connectivity index is 2.10. The van der Waals surface area contributed by atoms with E-state index in [9.17, 15) is 4.79 Å². The Morgan fingerprint density at radius 1 is 1.30 bits per heavy atom. The SMILES string of the molecule is CCOC(=O)c1ccc(Oc2cc(C)c(Br)cn2)cc1. The Bertz CT molecular complexity index is 611. The highest BCUT2D eigenvalue weighted by Crippen LogP contribution is 2.23. The highest BCUT2D eigenvalue weighted by Gasteiger charge is 2.07. The van der Waals surface area contributed by atoms with Crippen LogP contribution in [0.2, 0.25) is 0 Å². The van der Waals surface area contributed by atoms with Crippen molar-refractivity contribution in [3.63, 3.8) is 0 Å². The van der Waals surface area contributed by atoms with E-state index in [4.69, 9.17) is 9.47 Å². The Hall–Kier alpha value is -1.88. The van der Waals surface area contributed by atoms with E-state index in [0.29, 0.717) is 23.8 Å². The summed E-state index contributed by atoms with van der Waals surface area (Å²) in [7, 11) is 0. The van der Waals surface area contributed by atoms with Crippen LogP contribution in [0.5, 0.6) is 11.6 Å². The van der Waals surface area contributed by atoms with Crippen LogP contribution in [0, 0.1) is 6.92 Å². The van der Waals surface area contributed by atoms with Gasteiger partial charge in [0.2, 0.25) is 5.88 Å². The molecule has 0 aliphatic carbocycles. The zero-order chi connectivity index (χ0) is 14.5. The second-order valence-electron chi connectivity index (χ2n) is 4.12. The molecule has 0 unspecified atom stereocenters. The Morgan fingerprint density at radius 2 is 2.00 bits per heavy atom. The molecule has 5 heteroatoms. The van der Waals surface area contributed by atoms with Gasteiger partial charge in [-0.05, 0) is 59.6 Å². The summed E-state index contributed by atoms with van der Waals surface area (Å²) >= 11 is 3.39. The molecule has 0 bridgehead atoms. The van der Waals surface area contributed by atoms with Gasteiger partial charge in [0.1, 0.15) is 5.75 Å². The van der Waals surface area contributed by atoms with Gasteiger partial charge in [0.15, 0.2) is 0 Å². The number of benzene rings is 1. The van der Waals surface area contributed by atoms with Crippen LogP contribution < -0.4 is 4.74 Å². The predicted octanol–water partition coefficient (Wildman–Crippen LogP) is 4.12. The van der Waals surface area contributed by atoms with E-state index in [1.54, 1.807) is 37.4 Å². The molecular weight excluding hydrogens is 322 g/mol. The van der Waals surface area contributed by atoms with Crippen molar-refractivity contribution < 1.29 is 14.3 Å². The van der Waals surface area contributed by atoms with Crippen LogP contribution in [0.3, 0.4) is 0 Å². The first-order valence-electron chi connectivity index (χ1n) is 6.17. The summed E-state index contributed by atoms with van der Waals surface area (Å²) in [6, 6.07) is 8.60. The summed E-state index contributed by atoms with van der Waals surface area (Å²) in [6.45, 7) is 4.10. The summed E-state index contributed by atoms with van der Waals surface area (Å²) in [5, 5.41) is 0. The lowest BCUT2D eigenvalue weighted by Crippen LogP contribution is -2.04. The molecule has 1 aromatic carbocycles. The van der Waals surface area contributed by atoms with E-state index in [-0.39, 0.29) is 5.97 Å². The van der Waals surface area contributed by atoms with Gasteiger partial charge < -0.3 is 9.47 Å². The third kappa shape index (κ3) is 3.57. The number of hydrogen-bond donors (Lipinski definition) is 0. The normalized spacial score (nSPS) is 10.2. The fraction of sp³-hybridized carbons (Fsp3) is 0.200. The van der Waals surface area contributed by atoms with Gasteiger partial charge in [-0.15, -0.1) is 0 Å². The number of ether oxygens (including phenoxy) is 2. The van der Waals surface area contributed by atoms with Crippen molar-refractivity contribution in [3.8, 4) is 11.6 Å². The summed E-state index contributed by atoms with van der Waals surface area (Å²) in [5.41, 5.74) is 1.54. The van der Waals surface area contributed by atoms with Crippen molar-refractivity contribution in [1.29, 1.82) is 0 Å². The Kier molecular flexibility index (Phi) is 4.74. The van der Waals surface area contributed by atoms with Gasteiger partial charge in [-0.25, -0.2) is 9.78 Å². The van der Waals surface area contributed by atoms with Gasteiger partial charge in [-0.2, -0.15) is 0 Å².